The first-order chi connectivity index (χ1) is 5.54. The molecule has 0 spiro atoms. The van der Waals surface area contributed by atoms with E-state index in [1.807, 2.05) is 0 Å². The number of nitrogens with zero attached hydrogens (tertiary/aromatic N) is 2. The molecule has 1 aromatic rings. The zero-order valence-corrected chi connectivity index (χ0v) is 7.02. The Hall–Kier alpha value is -1.26. The highest BCUT2D eigenvalue weighted by Crippen LogP contribution is 2.21. The van der Waals surface area contributed by atoms with Crippen molar-refractivity contribution in [3.8, 4) is 0 Å². The van der Waals surface area contributed by atoms with Gasteiger partial charge in [-0.1, -0.05) is 0 Å². The van der Waals surface area contributed by atoms with Crippen LogP contribution in [0, 0.1) is 10.1 Å². The van der Waals surface area contributed by atoms with Crippen molar-refractivity contribution in [1.82, 2.24) is 4.65 Å². The summed E-state index contributed by atoms with van der Waals surface area (Å²) in [7, 11) is 3.03. The molecule has 0 saturated heterocycles. The average molecular weight is 166 g/mol. The molecule has 4 nitrogen and oxygen atoms in total. The topological polar surface area (TPSA) is 52.5 Å². The van der Waals surface area contributed by atoms with Crippen LogP contribution in [0.15, 0.2) is 29.4 Å². The number of hydrogen-bond donors (Lipinski definition) is 0. The SMILES string of the molecule is C[N+](C)([O-])c1ccc(N=O)cc1. The van der Waals surface area contributed by atoms with Gasteiger partial charge in [-0.25, -0.2) is 0 Å². The van der Waals surface area contributed by atoms with Crippen LogP contribution in [-0.4, -0.2) is 14.1 Å². The molecular formula is C8H10N2O2. The van der Waals surface area contributed by atoms with Crippen molar-refractivity contribution < 1.29 is 0 Å². The normalized spacial score (nSPS) is 11.2. The molecule has 0 aromatic heterocycles. The predicted molar refractivity (Wildman–Crippen MR) is 48.9 cm³/mol. The van der Waals surface area contributed by atoms with E-state index in [1.54, 1.807) is 12.1 Å². The van der Waals surface area contributed by atoms with Gasteiger partial charge in [0.1, 0.15) is 11.4 Å². The molecule has 4 heteroatoms. The van der Waals surface area contributed by atoms with Crippen molar-refractivity contribution in [3.63, 3.8) is 0 Å². The summed E-state index contributed by atoms with van der Waals surface area (Å²) in [6.45, 7) is 0. The van der Waals surface area contributed by atoms with Gasteiger partial charge < -0.3 is 9.85 Å². The summed E-state index contributed by atoms with van der Waals surface area (Å²) in [6, 6.07) is 6.26. The summed E-state index contributed by atoms with van der Waals surface area (Å²) in [4.78, 5) is 10.0. The number of hydroxylamine groups is 2. The second-order valence-electron chi connectivity index (χ2n) is 2.96. The van der Waals surface area contributed by atoms with Gasteiger partial charge in [0.2, 0.25) is 0 Å². The standard InChI is InChI=1S/C8H10N2O2/c1-10(2,12)8-5-3-7(9-11)4-6-8/h3-6H,1-2H3. The van der Waals surface area contributed by atoms with Crippen LogP contribution in [-0.2, 0) is 0 Å². The molecule has 0 N–H and O–H groups in total. The third-order valence-electron chi connectivity index (χ3n) is 1.58. The largest absolute Gasteiger partial charge is 0.628 e. The Bertz CT molecular complexity index is 274. The number of rotatable bonds is 2. The van der Waals surface area contributed by atoms with Crippen LogP contribution in [0.25, 0.3) is 0 Å². The number of benzene rings is 1. The monoisotopic (exact) mass is 166 g/mol. The molecule has 0 heterocycles. The first kappa shape index (κ1) is 8.83. The highest BCUT2D eigenvalue weighted by atomic mass is 16.5. The molecular weight excluding hydrogens is 156 g/mol. The Morgan fingerprint density at radius 2 is 1.75 bits per heavy atom. The van der Waals surface area contributed by atoms with E-state index in [1.165, 1.54) is 26.2 Å². The van der Waals surface area contributed by atoms with E-state index in [2.05, 4.69) is 5.18 Å². The third kappa shape index (κ3) is 1.87. The van der Waals surface area contributed by atoms with E-state index >= 15 is 0 Å². The van der Waals surface area contributed by atoms with Gasteiger partial charge in [0.15, 0.2) is 0 Å². The summed E-state index contributed by atoms with van der Waals surface area (Å²) in [5, 5.41) is 14.1. The lowest BCUT2D eigenvalue weighted by Gasteiger charge is -2.32. The summed E-state index contributed by atoms with van der Waals surface area (Å²) in [6.07, 6.45) is 0. The lowest BCUT2D eigenvalue weighted by molar-refractivity contribution is 0.543. The second kappa shape index (κ2) is 3.00. The van der Waals surface area contributed by atoms with Gasteiger partial charge in [-0.15, -0.1) is 4.91 Å². The maximum absolute atomic E-state index is 11.3. The van der Waals surface area contributed by atoms with Gasteiger partial charge >= 0.3 is 0 Å². The average Bonchev–Trinajstić information content (AvgIpc) is 2.03. The predicted octanol–water partition coefficient (Wildman–Crippen LogP) is 2.15. The summed E-state index contributed by atoms with van der Waals surface area (Å²) < 4.78 is -0.501. The first-order valence-corrected chi connectivity index (χ1v) is 3.53. The van der Waals surface area contributed by atoms with Gasteiger partial charge in [-0.3, -0.25) is 0 Å². The number of hydrogen-bond acceptors (Lipinski definition) is 3. The Morgan fingerprint density at radius 3 is 2.08 bits per heavy atom. The van der Waals surface area contributed by atoms with Crippen LogP contribution < -0.4 is 4.65 Å². The Kier molecular flexibility index (Phi) is 2.21. The zero-order chi connectivity index (χ0) is 9.19. The van der Waals surface area contributed by atoms with Gasteiger partial charge in [0.05, 0.1) is 14.1 Å². The van der Waals surface area contributed by atoms with Crippen LogP contribution in [0.2, 0.25) is 0 Å². The van der Waals surface area contributed by atoms with Crippen molar-refractivity contribution in [2.45, 2.75) is 0 Å². The van der Waals surface area contributed by atoms with Crippen molar-refractivity contribution in [2.24, 2.45) is 5.18 Å². The highest BCUT2D eigenvalue weighted by molar-refractivity contribution is 5.50. The Balaban J connectivity index is 3.00. The fourth-order valence-electron chi connectivity index (χ4n) is 0.872. The minimum absolute atomic E-state index is 0.340. The van der Waals surface area contributed by atoms with Crippen molar-refractivity contribution >= 4 is 11.4 Å². The lowest BCUT2D eigenvalue weighted by Crippen LogP contribution is -2.32. The number of quaternary nitrogens is 1. The molecule has 0 unspecified atom stereocenters. The van der Waals surface area contributed by atoms with E-state index in [0.717, 1.165) is 0 Å². The maximum atomic E-state index is 11.3. The molecule has 0 aliphatic rings. The quantitative estimate of drug-likeness (QED) is 0.384. The summed E-state index contributed by atoms with van der Waals surface area (Å²) in [5.41, 5.74) is 0.939. The minimum atomic E-state index is -0.501. The molecule has 0 fully saturated rings. The molecule has 64 valence electrons. The Morgan fingerprint density at radius 1 is 1.25 bits per heavy atom. The molecule has 0 aliphatic carbocycles. The second-order valence-corrected chi connectivity index (χ2v) is 2.96. The van der Waals surface area contributed by atoms with Crippen LogP contribution in [0.5, 0.6) is 0 Å². The molecule has 0 amide bonds. The smallest absolute Gasteiger partial charge is 0.132 e. The molecule has 0 saturated carbocycles. The summed E-state index contributed by atoms with van der Waals surface area (Å²) in [5.74, 6) is 0. The fourth-order valence-corrected chi connectivity index (χ4v) is 0.872. The fraction of sp³-hybridized carbons (Fsp3) is 0.250. The molecule has 0 bridgehead atoms. The van der Waals surface area contributed by atoms with E-state index in [9.17, 15) is 10.1 Å². The highest BCUT2D eigenvalue weighted by Gasteiger charge is 2.06. The molecule has 0 aliphatic heterocycles. The molecule has 12 heavy (non-hydrogen) atoms. The van der Waals surface area contributed by atoms with Crippen LogP contribution in [0.4, 0.5) is 11.4 Å². The maximum Gasteiger partial charge on any atom is 0.132 e. The molecule has 0 radical (unpaired) electrons. The molecule has 0 atom stereocenters. The van der Waals surface area contributed by atoms with Crippen molar-refractivity contribution in [2.75, 3.05) is 14.1 Å². The van der Waals surface area contributed by atoms with Gasteiger partial charge in [-0.2, -0.15) is 0 Å². The van der Waals surface area contributed by atoms with Gasteiger partial charge in [-0.05, 0) is 17.3 Å². The van der Waals surface area contributed by atoms with Gasteiger partial charge in [0.25, 0.3) is 0 Å². The van der Waals surface area contributed by atoms with E-state index in [-0.39, 0.29) is 0 Å². The van der Waals surface area contributed by atoms with Crippen LogP contribution in [0.3, 0.4) is 0 Å². The third-order valence-corrected chi connectivity index (χ3v) is 1.58. The van der Waals surface area contributed by atoms with Crippen molar-refractivity contribution in [3.05, 3.63) is 34.4 Å². The Labute approximate surface area is 70.6 Å². The van der Waals surface area contributed by atoms with E-state index in [4.69, 9.17) is 0 Å². The van der Waals surface area contributed by atoms with Crippen LogP contribution >= 0.6 is 0 Å². The van der Waals surface area contributed by atoms with E-state index < -0.39 is 4.65 Å². The van der Waals surface area contributed by atoms with Crippen molar-refractivity contribution in [1.29, 1.82) is 0 Å². The van der Waals surface area contributed by atoms with Crippen LogP contribution in [0.1, 0.15) is 0 Å². The first-order valence-electron chi connectivity index (χ1n) is 3.53. The van der Waals surface area contributed by atoms with E-state index in [0.29, 0.717) is 11.4 Å². The molecule has 1 aromatic carbocycles. The summed E-state index contributed by atoms with van der Waals surface area (Å²) >= 11 is 0. The number of nitroso groups, excluding NO2 is 1. The lowest BCUT2D eigenvalue weighted by atomic mass is 10.3. The van der Waals surface area contributed by atoms with Gasteiger partial charge in [0, 0.05) is 12.1 Å². The minimum Gasteiger partial charge on any atom is -0.628 e. The zero-order valence-electron chi connectivity index (χ0n) is 7.02. The molecule has 1 rings (SSSR count).